The zero-order chi connectivity index (χ0) is 14.8. The summed E-state index contributed by atoms with van der Waals surface area (Å²) < 4.78 is 6.43. The van der Waals surface area contributed by atoms with Crippen molar-refractivity contribution in [2.45, 2.75) is 0 Å². The van der Waals surface area contributed by atoms with Crippen molar-refractivity contribution in [3.63, 3.8) is 0 Å². The van der Waals surface area contributed by atoms with Gasteiger partial charge in [0.1, 0.15) is 0 Å². The summed E-state index contributed by atoms with van der Waals surface area (Å²) in [6.07, 6.45) is 2.21. The Labute approximate surface area is 128 Å². The third-order valence-corrected chi connectivity index (χ3v) is 3.35. The zero-order valence-electron chi connectivity index (χ0n) is 10.7. The number of nitrogens with zero attached hydrogens (tertiary/aromatic N) is 2. The maximum absolute atomic E-state index is 10.4. The molecule has 1 heterocycles. The van der Waals surface area contributed by atoms with Crippen LogP contribution in [0.25, 0.3) is 28.3 Å². The van der Waals surface area contributed by atoms with E-state index in [2.05, 4.69) is 26.1 Å². The molecule has 3 aromatic rings. The summed E-state index contributed by atoms with van der Waals surface area (Å²) in [6.45, 7) is 0. The summed E-state index contributed by atoms with van der Waals surface area (Å²) in [4.78, 5) is 10.4. The molecular weight excluding hydrogens is 336 g/mol. The number of halogens is 1. The van der Waals surface area contributed by atoms with Crippen molar-refractivity contribution >= 4 is 38.7 Å². The Kier molecular flexibility index (Phi) is 3.53. The molecule has 0 amide bonds. The summed E-state index contributed by atoms with van der Waals surface area (Å²) in [5.41, 5.74) is 0.785. The molecule has 2 aromatic carbocycles. The normalized spacial score (nSPS) is 11.3. The van der Waals surface area contributed by atoms with E-state index in [0.29, 0.717) is 5.89 Å². The Bertz CT molecular complexity index is 855. The molecule has 0 saturated heterocycles. The van der Waals surface area contributed by atoms with E-state index in [0.717, 1.165) is 26.9 Å². The second kappa shape index (κ2) is 5.49. The van der Waals surface area contributed by atoms with E-state index in [4.69, 9.17) is 9.52 Å². The fraction of sp³-hybridized carbons (Fsp3) is 0. The molecule has 0 spiro atoms. The molecule has 0 aliphatic carbocycles. The lowest BCUT2D eigenvalue weighted by Gasteiger charge is -2.00. The van der Waals surface area contributed by atoms with Crippen molar-refractivity contribution < 1.29 is 14.3 Å². The number of hydrogen-bond donors (Lipinski definition) is 1. The minimum absolute atomic E-state index is 0.156. The van der Waals surface area contributed by atoms with E-state index in [1.165, 1.54) is 6.08 Å². The second-order valence-electron chi connectivity index (χ2n) is 4.32. The van der Waals surface area contributed by atoms with Gasteiger partial charge < -0.3 is 9.52 Å². The molecule has 6 heteroatoms. The van der Waals surface area contributed by atoms with Crippen LogP contribution in [0.15, 0.2) is 51.4 Å². The Balaban J connectivity index is 1.97. The number of hydrogen-bond acceptors (Lipinski definition) is 4. The average Bonchev–Trinajstić information content (AvgIpc) is 2.93. The summed E-state index contributed by atoms with van der Waals surface area (Å²) in [7, 11) is 0. The molecule has 5 nitrogen and oxygen atoms in total. The van der Waals surface area contributed by atoms with Crippen molar-refractivity contribution in [2.24, 2.45) is 0 Å². The van der Waals surface area contributed by atoms with E-state index < -0.39 is 5.97 Å². The number of aromatic nitrogens is 2. The van der Waals surface area contributed by atoms with Gasteiger partial charge in [-0.3, -0.25) is 0 Å². The van der Waals surface area contributed by atoms with Crippen molar-refractivity contribution in [1.29, 1.82) is 0 Å². The molecule has 0 aliphatic heterocycles. The maximum Gasteiger partial charge on any atom is 0.328 e. The average molecular weight is 345 g/mol. The van der Waals surface area contributed by atoms with Gasteiger partial charge in [-0.15, -0.1) is 10.2 Å². The van der Waals surface area contributed by atoms with E-state index in [9.17, 15) is 4.79 Å². The van der Waals surface area contributed by atoms with Crippen LogP contribution < -0.4 is 0 Å². The highest BCUT2D eigenvalue weighted by Gasteiger charge is 2.08. The lowest BCUT2D eigenvalue weighted by molar-refractivity contribution is -0.131. The Morgan fingerprint density at radius 2 is 1.90 bits per heavy atom. The topological polar surface area (TPSA) is 76.2 Å². The Morgan fingerprint density at radius 3 is 2.71 bits per heavy atom. The smallest absolute Gasteiger partial charge is 0.328 e. The lowest BCUT2D eigenvalue weighted by atomic mass is 10.1. The van der Waals surface area contributed by atoms with E-state index in [-0.39, 0.29) is 5.89 Å². The van der Waals surface area contributed by atoms with Crippen LogP contribution in [0.2, 0.25) is 0 Å². The van der Waals surface area contributed by atoms with Crippen LogP contribution in [0.1, 0.15) is 5.89 Å². The van der Waals surface area contributed by atoms with Gasteiger partial charge in [-0.1, -0.05) is 28.1 Å². The highest BCUT2D eigenvalue weighted by atomic mass is 79.9. The molecule has 0 unspecified atom stereocenters. The van der Waals surface area contributed by atoms with Gasteiger partial charge in [0, 0.05) is 22.2 Å². The number of rotatable bonds is 3. The summed E-state index contributed by atoms with van der Waals surface area (Å²) in [5, 5.41) is 18.4. The molecule has 0 saturated carbocycles. The summed E-state index contributed by atoms with van der Waals surface area (Å²) in [6, 6.07) is 11.8. The quantitative estimate of drug-likeness (QED) is 0.732. The lowest BCUT2D eigenvalue weighted by Crippen LogP contribution is -1.85. The Morgan fingerprint density at radius 1 is 1.14 bits per heavy atom. The van der Waals surface area contributed by atoms with E-state index in [1.807, 2.05) is 36.4 Å². The van der Waals surface area contributed by atoms with Crippen molar-refractivity contribution in [3.05, 3.63) is 52.8 Å². The van der Waals surface area contributed by atoms with Gasteiger partial charge in [-0.2, -0.15) is 0 Å². The Hall–Kier alpha value is -2.47. The van der Waals surface area contributed by atoms with Crippen molar-refractivity contribution in [2.75, 3.05) is 0 Å². The van der Waals surface area contributed by atoms with Gasteiger partial charge >= 0.3 is 5.97 Å². The highest BCUT2D eigenvalue weighted by molar-refractivity contribution is 9.10. The summed E-state index contributed by atoms with van der Waals surface area (Å²) >= 11 is 3.43. The van der Waals surface area contributed by atoms with Gasteiger partial charge in [0.25, 0.3) is 0 Å². The second-order valence-corrected chi connectivity index (χ2v) is 5.24. The van der Waals surface area contributed by atoms with Gasteiger partial charge in [0.15, 0.2) is 0 Å². The van der Waals surface area contributed by atoms with E-state index in [1.54, 1.807) is 0 Å². The van der Waals surface area contributed by atoms with Crippen LogP contribution in [0.4, 0.5) is 0 Å². The van der Waals surface area contributed by atoms with Crippen LogP contribution in [0.5, 0.6) is 0 Å². The molecule has 0 atom stereocenters. The zero-order valence-corrected chi connectivity index (χ0v) is 12.2. The predicted molar refractivity (Wildman–Crippen MR) is 81.6 cm³/mol. The SMILES string of the molecule is O=C(O)/C=C/c1nnc(-c2ccc3cc(Br)ccc3c2)o1. The first-order chi connectivity index (χ1) is 10.1. The third kappa shape index (κ3) is 3.00. The largest absolute Gasteiger partial charge is 0.478 e. The first-order valence-corrected chi connectivity index (χ1v) is 6.85. The van der Waals surface area contributed by atoms with Gasteiger partial charge in [-0.25, -0.2) is 4.79 Å². The molecule has 0 fully saturated rings. The number of benzene rings is 2. The molecular formula is C15H9BrN2O3. The van der Waals surface area contributed by atoms with Crippen LogP contribution >= 0.6 is 15.9 Å². The molecule has 104 valence electrons. The molecule has 3 rings (SSSR count). The minimum Gasteiger partial charge on any atom is -0.478 e. The first-order valence-electron chi connectivity index (χ1n) is 6.06. The number of aliphatic carboxylic acids is 1. The third-order valence-electron chi connectivity index (χ3n) is 2.86. The minimum atomic E-state index is -1.06. The maximum atomic E-state index is 10.4. The monoisotopic (exact) mass is 344 g/mol. The molecule has 1 aromatic heterocycles. The van der Waals surface area contributed by atoms with Crippen LogP contribution in [-0.2, 0) is 4.79 Å². The standard InChI is InChI=1S/C15H9BrN2O3/c16-12-4-3-9-7-11(2-1-10(9)8-12)15-18-17-13(21-15)5-6-14(19)20/h1-8H,(H,19,20)/b6-5+. The fourth-order valence-electron chi connectivity index (χ4n) is 1.91. The van der Waals surface area contributed by atoms with Crippen molar-refractivity contribution in [3.8, 4) is 11.5 Å². The van der Waals surface area contributed by atoms with Gasteiger partial charge in [0.2, 0.25) is 11.8 Å². The van der Waals surface area contributed by atoms with Crippen molar-refractivity contribution in [1.82, 2.24) is 10.2 Å². The van der Waals surface area contributed by atoms with Gasteiger partial charge in [-0.05, 0) is 35.0 Å². The molecule has 0 aliphatic rings. The first kappa shape index (κ1) is 13.5. The summed E-state index contributed by atoms with van der Waals surface area (Å²) in [5.74, 6) is -0.556. The number of fused-ring (bicyclic) bond motifs is 1. The van der Waals surface area contributed by atoms with Crippen LogP contribution in [0.3, 0.4) is 0 Å². The molecule has 21 heavy (non-hydrogen) atoms. The number of carboxylic acids is 1. The van der Waals surface area contributed by atoms with Gasteiger partial charge in [0.05, 0.1) is 0 Å². The predicted octanol–water partition coefficient (Wildman–Crippen LogP) is 3.75. The molecule has 0 radical (unpaired) electrons. The number of carbonyl (C=O) groups is 1. The van der Waals surface area contributed by atoms with Crippen LogP contribution in [0, 0.1) is 0 Å². The van der Waals surface area contributed by atoms with Crippen LogP contribution in [-0.4, -0.2) is 21.3 Å². The highest BCUT2D eigenvalue weighted by Crippen LogP contribution is 2.25. The molecule has 1 N–H and O–H groups in total. The molecule has 0 bridgehead atoms. The fourth-order valence-corrected chi connectivity index (χ4v) is 2.29. The number of carboxylic acid groups (broad SMARTS) is 1. The van der Waals surface area contributed by atoms with E-state index >= 15 is 0 Å².